The lowest BCUT2D eigenvalue weighted by Crippen LogP contribution is -2.46. The summed E-state index contributed by atoms with van der Waals surface area (Å²) in [7, 11) is 0. The number of nitrogens with one attached hydrogen (secondary N) is 2. The number of hydrogen-bond acceptors (Lipinski definition) is 6. The Morgan fingerprint density at radius 3 is 2.19 bits per heavy atom. The van der Waals surface area contributed by atoms with E-state index in [-0.39, 0.29) is 32.4 Å². The molecule has 0 heterocycles. The topological polar surface area (TPSA) is 163 Å². The molecule has 0 bridgehead atoms. The molecule has 2 aromatic carbocycles. The molecule has 7 N–H and O–H groups in total. The SMILES string of the molecule is N=C(N)N(CCCC(N)C(=O)O)C(=O)CC(=O)C(Cc1ccccc1)NCc1ccc(C(F)(F)F)cc1. The standard InChI is InChI=1S/C25H30F3N5O4/c26-25(27,28)18-10-8-17(9-11-18)15-32-20(13-16-5-2-1-3-6-16)21(34)14-22(35)33(24(30)31)12-4-7-19(29)23(36)37/h1-3,5-6,8-11,19-20,32H,4,7,12-15,29H2,(H3,30,31)(H,36,37). The number of aliphatic carboxylic acids is 1. The molecule has 0 aliphatic heterocycles. The monoisotopic (exact) mass is 521 g/mol. The van der Waals surface area contributed by atoms with Gasteiger partial charge in [-0.1, -0.05) is 42.5 Å². The van der Waals surface area contributed by atoms with Crippen LogP contribution in [-0.4, -0.2) is 52.3 Å². The molecule has 0 aliphatic rings. The normalized spacial score (nSPS) is 13.0. The first-order valence-electron chi connectivity index (χ1n) is 11.5. The molecule has 1 amide bonds. The van der Waals surface area contributed by atoms with Crippen LogP contribution in [-0.2, 0) is 33.5 Å². The van der Waals surface area contributed by atoms with Crippen LogP contribution in [0, 0.1) is 5.41 Å². The number of rotatable bonds is 13. The van der Waals surface area contributed by atoms with Crippen LogP contribution < -0.4 is 16.8 Å². The highest BCUT2D eigenvalue weighted by Crippen LogP contribution is 2.29. The van der Waals surface area contributed by atoms with Crippen LogP contribution in [0.1, 0.15) is 36.0 Å². The molecule has 0 saturated carbocycles. The maximum Gasteiger partial charge on any atom is 0.416 e. The highest BCUT2D eigenvalue weighted by molar-refractivity contribution is 6.06. The molecule has 9 nitrogen and oxygen atoms in total. The molecule has 200 valence electrons. The van der Waals surface area contributed by atoms with Gasteiger partial charge in [0.05, 0.1) is 18.0 Å². The zero-order chi connectivity index (χ0) is 27.6. The van der Waals surface area contributed by atoms with Crippen molar-refractivity contribution in [3.63, 3.8) is 0 Å². The Balaban J connectivity index is 2.08. The first-order valence-corrected chi connectivity index (χ1v) is 11.5. The minimum Gasteiger partial charge on any atom is -0.480 e. The van der Waals surface area contributed by atoms with Gasteiger partial charge in [0.15, 0.2) is 11.7 Å². The Hall–Kier alpha value is -3.77. The fourth-order valence-electron chi connectivity index (χ4n) is 3.54. The third-order valence-electron chi connectivity index (χ3n) is 5.64. The van der Waals surface area contributed by atoms with E-state index in [0.717, 1.165) is 22.6 Å². The molecule has 2 atom stereocenters. The Kier molecular flexibility index (Phi) is 10.8. The summed E-state index contributed by atoms with van der Waals surface area (Å²) in [4.78, 5) is 37.6. The summed E-state index contributed by atoms with van der Waals surface area (Å²) in [5.41, 5.74) is 11.5. The molecule has 2 aromatic rings. The van der Waals surface area contributed by atoms with Crippen molar-refractivity contribution in [2.45, 2.75) is 50.5 Å². The van der Waals surface area contributed by atoms with Crippen molar-refractivity contribution in [1.82, 2.24) is 10.2 Å². The second-order valence-corrected chi connectivity index (χ2v) is 8.48. The third kappa shape index (κ3) is 9.66. The number of halogens is 3. The van der Waals surface area contributed by atoms with Gasteiger partial charge in [-0.25, -0.2) is 0 Å². The second-order valence-electron chi connectivity index (χ2n) is 8.48. The average Bonchev–Trinajstić information content (AvgIpc) is 2.84. The predicted molar refractivity (Wildman–Crippen MR) is 130 cm³/mol. The predicted octanol–water partition coefficient (Wildman–Crippen LogP) is 2.28. The minimum atomic E-state index is -4.46. The number of Topliss-reactive ketones (excluding diaryl/α,β-unsaturated/α-hetero) is 1. The van der Waals surface area contributed by atoms with E-state index in [1.54, 1.807) is 30.3 Å². The highest BCUT2D eigenvalue weighted by Gasteiger charge is 2.30. The molecule has 0 saturated heterocycles. The van der Waals surface area contributed by atoms with E-state index in [1.165, 1.54) is 12.1 Å². The Labute approximate surface area is 212 Å². The first-order chi connectivity index (χ1) is 17.4. The molecule has 0 aliphatic carbocycles. The van der Waals surface area contributed by atoms with Crippen LogP contribution in [0.3, 0.4) is 0 Å². The number of ketones is 1. The van der Waals surface area contributed by atoms with Crippen LogP contribution in [0.5, 0.6) is 0 Å². The van der Waals surface area contributed by atoms with E-state index in [0.29, 0.717) is 5.56 Å². The lowest BCUT2D eigenvalue weighted by atomic mass is 9.99. The molecule has 0 fully saturated rings. The van der Waals surface area contributed by atoms with E-state index in [9.17, 15) is 27.6 Å². The number of nitrogens with zero attached hydrogens (tertiary/aromatic N) is 1. The maximum atomic E-state index is 13.1. The zero-order valence-electron chi connectivity index (χ0n) is 20.0. The van der Waals surface area contributed by atoms with Gasteiger partial charge in [-0.15, -0.1) is 0 Å². The summed E-state index contributed by atoms with van der Waals surface area (Å²) in [5.74, 6) is -3.00. The van der Waals surface area contributed by atoms with Gasteiger partial charge in [0.1, 0.15) is 6.04 Å². The smallest absolute Gasteiger partial charge is 0.416 e. The van der Waals surface area contributed by atoms with Gasteiger partial charge in [0.2, 0.25) is 5.91 Å². The number of guanidine groups is 1. The fraction of sp³-hybridized carbons (Fsp3) is 0.360. The Bertz CT molecular complexity index is 1080. The number of carbonyl (C=O) groups excluding carboxylic acids is 2. The number of nitrogens with two attached hydrogens (primary N) is 2. The van der Waals surface area contributed by atoms with Crippen molar-refractivity contribution < 1.29 is 32.7 Å². The van der Waals surface area contributed by atoms with Gasteiger partial charge in [0, 0.05) is 13.1 Å². The third-order valence-corrected chi connectivity index (χ3v) is 5.64. The average molecular weight is 522 g/mol. The minimum absolute atomic E-state index is 0.0473. The summed E-state index contributed by atoms with van der Waals surface area (Å²) in [6, 6.07) is 11.5. The molecular formula is C25H30F3N5O4. The van der Waals surface area contributed by atoms with Gasteiger partial charge in [-0.2, -0.15) is 13.2 Å². The number of amides is 1. The molecule has 0 radical (unpaired) electrons. The Morgan fingerprint density at radius 2 is 1.65 bits per heavy atom. The maximum absolute atomic E-state index is 13.1. The molecule has 12 heteroatoms. The van der Waals surface area contributed by atoms with Gasteiger partial charge < -0.3 is 21.9 Å². The van der Waals surface area contributed by atoms with Crippen LogP contribution >= 0.6 is 0 Å². The lowest BCUT2D eigenvalue weighted by molar-refractivity contribution is -0.139. The number of carbonyl (C=O) groups is 3. The van der Waals surface area contributed by atoms with E-state index in [2.05, 4.69) is 5.32 Å². The molecular weight excluding hydrogens is 491 g/mol. The largest absolute Gasteiger partial charge is 0.480 e. The molecule has 2 rings (SSSR count). The summed E-state index contributed by atoms with van der Waals surface area (Å²) in [6.45, 7) is 0.00380. The van der Waals surface area contributed by atoms with E-state index in [1.807, 2.05) is 0 Å². The van der Waals surface area contributed by atoms with Gasteiger partial charge in [-0.05, 0) is 42.5 Å². The molecule has 37 heavy (non-hydrogen) atoms. The Morgan fingerprint density at radius 1 is 1.03 bits per heavy atom. The summed E-state index contributed by atoms with van der Waals surface area (Å²) in [5, 5.41) is 19.6. The van der Waals surface area contributed by atoms with Crippen molar-refractivity contribution in [2.75, 3.05) is 6.54 Å². The van der Waals surface area contributed by atoms with Crippen molar-refractivity contribution in [1.29, 1.82) is 5.41 Å². The number of benzene rings is 2. The number of carboxylic acids is 1. The number of carboxylic acid groups (broad SMARTS) is 1. The first kappa shape index (κ1) is 29.5. The lowest BCUT2D eigenvalue weighted by Gasteiger charge is -2.23. The van der Waals surface area contributed by atoms with Gasteiger partial charge in [-0.3, -0.25) is 24.7 Å². The van der Waals surface area contributed by atoms with E-state index in [4.69, 9.17) is 22.0 Å². The van der Waals surface area contributed by atoms with Crippen LogP contribution in [0.4, 0.5) is 13.2 Å². The zero-order valence-corrected chi connectivity index (χ0v) is 20.0. The number of hydrogen-bond donors (Lipinski definition) is 5. The van der Waals surface area contributed by atoms with Crippen molar-refractivity contribution in [3.8, 4) is 0 Å². The number of alkyl halides is 3. The van der Waals surface area contributed by atoms with Crippen molar-refractivity contribution in [3.05, 3.63) is 71.3 Å². The van der Waals surface area contributed by atoms with E-state index >= 15 is 0 Å². The van der Waals surface area contributed by atoms with Gasteiger partial charge >= 0.3 is 12.1 Å². The molecule has 0 aromatic heterocycles. The summed E-state index contributed by atoms with van der Waals surface area (Å²) in [6.07, 6.45) is -4.61. The quantitative estimate of drug-likeness (QED) is 0.153. The second kappa shape index (κ2) is 13.5. The summed E-state index contributed by atoms with van der Waals surface area (Å²) < 4.78 is 38.5. The van der Waals surface area contributed by atoms with Crippen LogP contribution in [0.25, 0.3) is 0 Å². The molecule has 2 unspecified atom stereocenters. The van der Waals surface area contributed by atoms with Crippen LogP contribution in [0.15, 0.2) is 54.6 Å². The summed E-state index contributed by atoms with van der Waals surface area (Å²) >= 11 is 0. The van der Waals surface area contributed by atoms with Crippen molar-refractivity contribution in [2.24, 2.45) is 11.5 Å². The van der Waals surface area contributed by atoms with E-state index < -0.39 is 53.9 Å². The van der Waals surface area contributed by atoms with Crippen molar-refractivity contribution >= 4 is 23.6 Å². The van der Waals surface area contributed by atoms with Gasteiger partial charge in [0.25, 0.3) is 0 Å². The highest BCUT2D eigenvalue weighted by atomic mass is 19.4. The fourth-order valence-corrected chi connectivity index (χ4v) is 3.54. The van der Waals surface area contributed by atoms with Crippen LogP contribution in [0.2, 0.25) is 0 Å². The molecule has 0 spiro atoms.